The second-order valence-electron chi connectivity index (χ2n) is 9.16. The van der Waals surface area contributed by atoms with E-state index in [4.69, 9.17) is 5.73 Å². The Kier molecular flexibility index (Phi) is 5.90. The van der Waals surface area contributed by atoms with Crippen LogP contribution in [0.1, 0.15) is 43.8 Å². The predicted molar refractivity (Wildman–Crippen MR) is 121 cm³/mol. The summed E-state index contributed by atoms with van der Waals surface area (Å²) in [7, 11) is 0. The van der Waals surface area contributed by atoms with Crippen molar-refractivity contribution in [3.63, 3.8) is 0 Å². The van der Waals surface area contributed by atoms with E-state index in [1.165, 1.54) is 19.1 Å². The number of alkyl halides is 1. The molecule has 0 spiro atoms. The molecule has 1 aromatic carbocycles. The van der Waals surface area contributed by atoms with E-state index >= 15 is 4.39 Å². The van der Waals surface area contributed by atoms with Gasteiger partial charge < -0.3 is 5.73 Å². The second kappa shape index (κ2) is 8.24. The van der Waals surface area contributed by atoms with Gasteiger partial charge in [0.2, 0.25) is 0 Å². The molecule has 0 radical (unpaired) electrons. The van der Waals surface area contributed by atoms with Crippen molar-refractivity contribution in [3.05, 3.63) is 67.1 Å². The molecule has 5 rings (SSSR count). The van der Waals surface area contributed by atoms with Gasteiger partial charge in [-0.1, -0.05) is 18.2 Å². The van der Waals surface area contributed by atoms with Gasteiger partial charge in [0.05, 0.1) is 16.6 Å². The van der Waals surface area contributed by atoms with Crippen molar-refractivity contribution in [3.8, 4) is 0 Å². The number of halogens is 3. The Morgan fingerprint density at radius 3 is 2.62 bits per heavy atom. The number of nitrogens with zero attached hydrogens (tertiary/aromatic N) is 2. The summed E-state index contributed by atoms with van der Waals surface area (Å²) < 4.78 is 31.5. The van der Waals surface area contributed by atoms with Crippen molar-refractivity contribution in [1.29, 1.82) is 0 Å². The average molecular weight is 465 g/mol. The van der Waals surface area contributed by atoms with Crippen molar-refractivity contribution in [2.75, 3.05) is 13.1 Å². The molecule has 2 heterocycles. The Bertz CT molecular complexity index is 1270. The van der Waals surface area contributed by atoms with Gasteiger partial charge >= 0.3 is 5.69 Å². The molecule has 1 aromatic heterocycles. The quantitative estimate of drug-likeness (QED) is 0.710. The Hall–Kier alpha value is -2.29. The zero-order chi connectivity index (χ0) is 21.9. The molecule has 0 amide bonds. The molecule has 6 nitrogen and oxygen atoms in total. The maximum absolute atomic E-state index is 15.8. The smallest absolute Gasteiger partial charge is 0.324 e. The third kappa shape index (κ3) is 3.84. The molecule has 9 heteroatoms. The molecule has 1 aliphatic heterocycles. The zero-order valence-corrected chi connectivity index (χ0v) is 18.6. The minimum atomic E-state index is -1.79. The minimum absolute atomic E-state index is 0. The van der Waals surface area contributed by atoms with Crippen LogP contribution < -0.4 is 27.6 Å². The van der Waals surface area contributed by atoms with Crippen molar-refractivity contribution < 1.29 is 8.78 Å². The predicted octanol–water partition coefficient (Wildman–Crippen LogP) is 1.13. The summed E-state index contributed by atoms with van der Waals surface area (Å²) in [6.45, 7) is 2.57. The van der Waals surface area contributed by atoms with Gasteiger partial charge in [-0.3, -0.25) is 19.2 Å². The summed E-state index contributed by atoms with van der Waals surface area (Å²) in [5, 5.41) is 0.713. The summed E-state index contributed by atoms with van der Waals surface area (Å²) in [6, 6.07) is 5.42. The first-order valence-corrected chi connectivity index (χ1v) is 10.8. The number of rotatable bonds is 4. The van der Waals surface area contributed by atoms with Gasteiger partial charge in [0, 0.05) is 24.2 Å². The van der Waals surface area contributed by atoms with Crippen LogP contribution in [-0.4, -0.2) is 39.3 Å². The van der Waals surface area contributed by atoms with Gasteiger partial charge in [-0.05, 0) is 56.9 Å². The van der Waals surface area contributed by atoms with E-state index in [-0.39, 0.29) is 35.4 Å². The van der Waals surface area contributed by atoms with Crippen LogP contribution in [0.2, 0.25) is 0 Å². The van der Waals surface area contributed by atoms with Crippen LogP contribution in [-0.2, 0) is 0 Å². The van der Waals surface area contributed by atoms with Crippen LogP contribution >= 0.6 is 12.4 Å². The van der Waals surface area contributed by atoms with Crippen LogP contribution in [0.5, 0.6) is 0 Å². The summed E-state index contributed by atoms with van der Waals surface area (Å²) in [4.78, 5) is 29.1. The fourth-order valence-corrected chi connectivity index (χ4v) is 5.09. The molecule has 3 N–H and O–H groups in total. The normalized spacial score (nSPS) is 28.2. The number of fused-ring (bicyclic) bond motifs is 1. The van der Waals surface area contributed by atoms with Crippen LogP contribution in [0.15, 0.2) is 33.9 Å². The molecule has 1 saturated heterocycles. The lowest BCUT2D eigenvalue weighted by Gasteiger charge is -2.35. The number of hydrogen-bond acceptors (Lipinski definition) is 4. The van der Waals surface area contributed by atoms with Gasteiger partial charge in [-0.2, -0.15) is 0 Å². The topological polar surface area (TPSA) is 84.1 Å². The number of aromatic nitrogens is 2. The molecule has 1 saturated carbocycles. The van der Waals surface area contributed by atoms with Crippen LogP contribution in [0.4, 0.5) is 8.78 Å². The van der Waals surface area contributed by atoms with Crippen molar-refractivity contribution in [1.82, 2.24) is 14.5 Å². The first kappa shape index (κ1) is 22.9. The van der Waals surface area contributed by atoms with Gasteiger partial charge in [0.25, 0.3) is 5.56 Å². The van der Waals surface area contributed by atoms with Crippen molar-refractivity contribution in [2.24, 2.45) is 11.7 Å². The van der Waals surface area contributed by atoms with E-state index in [2.05, 4.69) is 4.98 Å². The number of likely N-dealkylation sites (tertiary alicyclic amines) is 1. The van der Waals surface area contributed by atoms with E-state index in [0.717, 1.165) is 12.8 Å². The molecule has 4 unspecified atom stereocenters. The molecule has 2 aromatic rings. The first-order valence-electron chi connectivity index (χ1n) is 10.8. The lowest BCUT2D eigenvalue weighted by molar-refractivity contribution is 0.136. The monoisotopic (exact) mass is 464 g/mol. The number of hydrogen-bond donors (Lipinski definition) is 2. The van der Waals surface area contributed by atoms with Gasteiger partial charge in [0.1, 0.15) is 11.5 Å². The summed E-state index contributed by atoms with van der Waals surface area (Å²) in [5.41, 5.74) is 4.05. The highest BCUT2D eigenvalue weighted by Gasteiger charge is 2.42. The molecule has 2 aliphatic carbocycles. The Balaban J connectivity index is 0.00000245. The van der Waals surface area contributed by atoms with E-state index < -0.39 is 29.0 Å². The molecule has 4 atom stereocenters. The van der Waals surface area contributed by atoms with Gasteiger partial charge in [0.15, 0.2) is 0 Å². The number of aromatic amines is 1. The highest BCUT2D eigenvalue weighted by Crippen LogP contribution is 2.35. The maximum atomic E-state index is 15.8. The van der Waals surface area contributed by atoms with E-state index in [1.54, 1.807) is 28.8 Å². The van der Waals surface area contributed by atoms with Gasteiger partial charge in [-0.25, -0.2) is 13.6 Å². The van der Waals surface area contributed by atoms with Gasteiger partial charge in [-0.15, -0.1) is 12.4 Å². The van der Waals surface area contributed by atoms with E-state index in [9.17, 15) is 14.0 Å². The lowest BCUT2D eigenvalue weighted by Crippen LogP contribution is -2.60. The third-order valence-corrected chi connectivity index (χ3v) is 6.87. The SMILES string of the molecule is CC1(F)C=c2c(=O)[nH]c(=O)n(C3CC3)c2=CC1N1CCC(C(N)c2ccccc2F)C1.Cl. The van der Waals surface area contributed by atoms with Crippen molar-refractivity contribution >= 4 is 24.6 Å². The average Bonchev–Trinajstić information content (AvgIpc) is 3.43. The Morgan fingerprint density at radius 2 is 1.94 bits per heavy atom. The summed E-state index contributed by atoms with van der Waals surface area (Å²) in [5.74, 6) is -0.352. The highest BCUT2D eigenvalue weighted by molar-refractivity contribution is 5.85. The number of H-pyrrole nitrogens is 1. The molecular weight excluding hydrogens is 438 g/mol. The third-order valence-electron chi connectivity index (χ3n) is 6.87. The number of benzene rings is 1. The zero-order valence-electron chi connectivity index (χ0n) is 17.8. The first-order chi connectivity index (χ1) is 14.8. The fraction of sp³-hybridized carbons (Fsp3) is 0.478. The van der Waals surface area contributed by atoms with Crippen LogP contribution in [0.25, 0.3) is 12.2 Å². The largest absolute Gasteiger partial charge is 0.329 e. The summed E-state index contributed by atoms with van der Waals surface area (Å²) in [6.07, 6.45) is 5.52. The number of nitrogens with one attached hydrogen (secondary N) is 1. The second-order valence-corrected chi connectivity index (χ2v) is 9.16. The van der Waals surface area contributed by atoms with Crippen LogP contribution in [0.3, 0.4) is 0 Å². The molecule has 172 valence electrons. The standard InChI is InChI=1S/C23H26F2N4O2.ClH/c1-23(25)11-16-18(29(14-6-7-14)22(31)27-21(16)30)10-19(23)28-9-8-13(12-28)20(26)15-4-2-3-5-17(15)24;/h2-5,10-11,13-14,19-20H,6-9,12,26H2,1H3,(H,27,30,31);1H. The molecular formula is C23H27ClF2N4O2. The Morgan fingerprint density at radius 1 is 1.22 bits per heavy atom. The minimum Gasteiger partial charge on any atom is -0.324 e. The molecule has 2 fully saturated rings. The fourth-order valence-electron chi connectivity index (χ4n) is 5.09. The highest BCUT2D eigenvalue weighted by atomic mass is 35.5. The van der Waals surface area contributed by atoms with Crippen LogP contribution in [0, 0.1) is 11.7 Å². The van der Waals surface area contributed by atoms with E-state index in [0.29, 0.717) is 30.4 Å². The maximum Gasteiger partial charge on any atom is 0.329 e. The molecule has 32 heavy (non-hydrogen) atoms. The number of nitrogens with two attached hydrogens (primary N) is 1. The van der Waals surface area contributed by atoms with Crippen molar-refractivity contribution in [2.45, 2.75) is 50.0 Å². The lowest BCUT2D eigenvalue weighted by atomic mass is 9.90. The van der Waals surface area contributed by atoms with E-state index in [1.807, 2.05) is 4.90 Å². The molecule has 0 bridgehead atoms. The summed E-state index contributed by atoms with van der Waals surface area (Å²) >= 11 is 0. The Labute approximate surface area is 189 Å². The molecule has 3 aliphatic rings.